The Morgan fingerprint density at radius 1 is 1.38 bits per heavy atom. The number of halogens is 1. The molecule has 0 fully saturated rings. The van der Waals surface area contributed by atoms with Crippen LogP contribution in [0.25, 0.3) is 10.6 Å². The van der Waals surface area contributed by atoms with Gasteiger partial charge in [-0.1, -0.05) is 6.92 Å². The number of amides is 1. The molecular weight excluding hydrogens is 328 g/mol. The number of anilines is 1. The second kappa shape index (κ2) is 7.84. The second-order valence-electron chi connectivity index (χ2n) is 4.63. The standard InChI is InChI=1S/C13H18N4OS2.ClH/c1-7(5-14-4)12(18)17-13-16-10(6-19-13)11-8(2)15-9(3)20-11;/h6-7,14H,5H2,1-4H3,(H,16,17,18);1H. The van der Waals surface area contributed by atoms with E-state index in [-0.39, 0.29) is 24.2 Å². The molecule has 2 heterocycles. The van der Waals surface area contributed by atoms with Crippen molar-refractivity contribution in [1.82, 2.24) is 15.3 Å². The minimum absolute atomic E-state index is 0. The molecule has 116 valence electrons. The fraction of sp³-hybridized carbons (Fsp3) is 0.462. The number of thiazole rings is 2. The van der Waals surface area contributed by atoms with Crippen LogP contribution in [0.15, 0.2) is 5.38 Å². The molecule has 21 heavy (non-hydrogen) atoms. The van der Waals surface area contributed by atoms with Gasteiger partial charge in [-0.2, -0.15) is 0 Å². The van der Waals surface area contributed by atoms with Gasteiger partial charge in [-0.3, -0.25) is 4.79 Å². The summed E-state index contributed by atoms with van der Waals surface area (Å²) in [5.41, 5.74) is 1.87. The maximum absolute atomic E-state index is 11.9. The summed E-state index contributed by atoms with van der Waals surface area (Å²) in [6.07, 6.45) is 0. The third-order valence-electron chi connectivity index (χ3n) is 2.83. The highest BCUT2D eigenvalue weighted by Gasteiger charge is 2.15. The van der Waals surface area contributed by atoms with Crippen molar-refractivity contribution in [3.63, 3.8) is 0 Å². The number of aromatic nitrogens is 2. The highest BCUT2D eigenvalue weighted by molar-refractivity contribution is 7.16. The Kier molecular flexibility index (Phi) is 6.73. The van der Waals surface area contributed by atoms with Gasteiger partial charge in [0.1, 0.15) is 0 Å². The van der Waals surface area contributed by atoms with E-state index in [1.54, 1.807) is 11.3 Å². The van der Waals surface area contributed by atoms with Crippen LogP contribution in [0.3, 0.4) is 0 Å². The van der Waals surface area contributed by atoms with Crippen LogP contribution < -0.4 is 10.6 Å². The number of nitrogens with zero attached hydrogens (tertiary/aromatic N) is 2. The van der Waals surface area contributed by atoms with Gasteiger partial charge in [0.05, 0.1) is 21.3 Å². The Bertz CT molecular complexity index is 611. The summed E-state index contributed by atoms with van der Waals surface area (Å²) in [5.74, 6) is -0.0998. The zero-order valence-electron chi connectivity index (χ0n) is 12.4. The number of nitrogens with one attached hydrogen (secondary N) is 2. The number of aryl methyl sites for hydroxylation is 2. The molecule has 0 bridgehead atoms. The van der Waals surface area contributed by atoms with E-state index in [9.17, 15) is 4.79 Å². The molecular formula is C13H19ClN4OS2. The molecule has 1 amide bonds. The minimum Gasteiger partial charge on any atom is -0.319 e. The van der Waals surface area contributed by atoms with Crippen molar-refractivity contribution in [2.75, 3.05) is 18.9 Å². The number of carbonyl (C=O) groups is 1. The number of carbonyl (C=O) groups excluding carboxylic acids is 1. The summed E-state index contributed by atoms with van der Waals surface area (Å²) in [6, 6.07) is 0. The summed E-state index contributed by atoms with van der Waals surface area (Å²) in [7, 11) is 1.83. The summed E-state index contributed by atoms with van der Waals surface area (Å²) in [6.45, 7) is 6.50. The number of hydrogen-bond acceptors (Lipinski definition) is 6. The van der Waals surface area contributed by atoms with Crippen LogP contribution in [-0.2, 0) is 4.79 Å². The first-order chi connectivity index (χ1) is 9.51. The molecule has 0 radical (unpaired) electrons. The zero-order valence-corrected chi connectivity index (χ0v) is 14.8. The molecule has 5 nitrogen and oxygen atoms in total. The Morgan fingerprint density at radius 2 is 2.10 bits per heavy atom. The molecule has 0 spiro atoms. The maximum atomic E-state index is 11.9. The Morgan fingerprint density at radius 3 is 2.67 bits per heavy atom. The van der Waals surface area contributed by atoms with Crippen molar-refractivity contribution in [2.24, 2.45) is 5.92 Å². The highest BCUT2D eigenvalue weighted by atomic mass is 35.5. The van der Waals surface area contributed by atoms with Gasteiger partial charge in [-0.15, -0.1) is 35.1 Å². The van der Waals surface area contributed by atoms with Crippen LogP contribution in [0.2, 0.25) is 0 Å². The molecule has 1 unspecified atom stereocenters. The molecule has 2 aromatic heterocycles. The van der Waals surface area contributed by atoms with Crippen LogP contribution in [0.5, 0.6) is 0 Å². The van der Waals surface area contributed by atoms with Crippen LogP contribution >= 0.6 is 35.1 Å². The normalized spacial score (nSPS) is 11.8. The van der Waals surface area contributed by atoms with Gasteiger partial charge in [-0.25, -0.2) is 9.97 Å². The molecule has 0 saturated heterocycles. The van der Waals surface area contributed by atoms with Crippen molar-refractivity contribution in [3.8, 4) is 10.6 Å². The predicted octanol–water partition coefficient (Wildman–Crippen LogP) is 3.10. The van der Waals surface area contributed by atoms with Crippen LogP contribution in [0.1, 0.15) is 17.6 Å². The van der Waals surface area contributed by atoms with Crippen molar-refractivity contribution in [2.45, 2.75) is 20.8 Å². The monoisotopic (exact) mass is 346 g/mol. The van der Waals surface area contributed by atoms with Gasteiger partial charge >= 0.3 is 0 Å². The molecule has 0 aliphatic rings. The number of hydrogen-bond donors (Lipinski definition) is 2. The Hall–Kier alpha value is -1.02. The van der Waals surface area contributed by atoms with Crippen LogP contribution in [0.4, 0.5) is 5.13 Å². The Labute approximate surface area is 138 Å². The van der Waals surface area contributed by atoms with E-state index < -0.39 is 0 Å². The third-order valence-corrected chi connectivity index (χ3v) is 4.68. The first kappa shape index (κ1) is 18.0. The quantitative estimate of drug-likeness (QED) is 0.873. The summed E-state index contributed by atoms with van der Waals surface area (Å²) >= 11 is 3.07. The van der Waals surface area contributed by atoms with E-state index in [2.05, 4.69) is 20.6 Å². The predicted molar refractivity (Wildman–Crippen MR) is 91.7 cm³/mol. The van der Waals surface area contributed by atoms with Crippen molar-refractivity contribution >= 4 is 46.1 Å². The topological polar surface area (TPSA) is 66.9 Å². The lowest BCUT2D eigenvalue weighted by atomic mass is 10.2. The fourth-order valence-corrected chi connectivity index (χ4v) is 3.49. The molecule has 0 aliphatic heterocycles. The number of rotatable bonds is 5. The molecule has 2 N–H and O–H groups in total. The molecule has 2 aromatic rings. The largest absolute Gasteiger partial charge is 0.319 e. The molecule has 8 heteroatoms. The SMILES string of the molecule is CNCC(C)C(=O)Nc1nc(-c2sc(C)nc2C)cs1.Cl. The van der Waals surface area contributed by atoms with Gasteiger partial charge in [-0.05, 0) is 20.9 Å². The van der Waals surface area contributed by atoms with Gasteiger partial charge in [0.2, 0.25) is 5.91 Å². The third kappa shape index (κ3) is 4.47. The van der Waals surface area contributed by atoms with Gasteiger partial charge in [0.25, 0.3) is 0 Å². The van der Waals surface area contributed by atoms with Gasteiger partial charge < -0.3 is 10.6 Å². The lowest BCUT2D eigenvalue weighted by Gasteiger charge is -2.09. The van der Waals surface area contributed by atoms with Crippen LogP contribution in [0, 0.1) is 19.8 Å². The van der Waals surface area contributed by atoms with Crippen molar-refractivity contribution in [1.29, 1.82) is 0 Å². The van der Waals surface area contributed by atoms with E-state index in [0.29, 0.717) is 11.7 Å². The van der Waals surface area contributed by atoms with Gasteiger partial charge in [0, 0.05) is 17.8 Å². The second-order valence-corrected chi connectivity index (χ2v) is 6.69. The molecule has 0 aliphatic carbocycles. The summed E-state index contributed by atoms with van der Waals surface area (Å²) in [5, 5.41) is 9.47. The molecule has 1 atom stereocenters. The van der Waals surface area contributed by atoms with Crippen molar-refractivity contribution in [3.05, 3.63) is 16.1 Å². The van der Waals surface area contributed by atoms with E-state index in [1.807, 2.05) is 33.2 Å². The first-order valence-corrected chi connectivity index (χ1v) is 8.06. The van der Waals surface area contributed by atoms with E-state index in [0.717, 1.165) is 21.3 Å². The lowest BCUT2D eigenvalue weighted by molar-refractivity contribution is -0.119. The summed E-state index contributed by atoms with van der Waals surface area (Å²) in [4.78, 5) is 21.9. The fourth-order valence-electron chi connectivity index (χ4n) is 1.83. The zero-order chi connectivity index (χ0) is 14.7. The lowest BCUT2D eigenvalue weighted by Crippen LogP contribution is -2.28. The van der Waals surface area contributed by atoms with Crippen LogP contribution in [-0.4, -0.2) is 29.5 Å². The Balaban J connectivity index is 0.00000220. The average molecular weight is 347 g/mol. The average Bonchev–Trinajstić information content (AvgIpc) is 2.96. The van der Waals surface area contributed by atoms with Crippen molar-refractivity contribution < 1.29 is 4.79 Å². The van der Waals surface area contributed by atoms with E-state index in [4.69, 9.17) is 0 Å². The van der Waals surface area contributed by atoms with E-state index >= 15 is 0 Å². The maximum Gasteiger partial charge on any atom is 0.230 e. The first-order valence-electron chi connectivity index (χ1n) is 6.36. The summed E-state index contributed by atoms with van der Waals surface area (Å²) < 4.78 is 0. The smallest absolute Gasteiger partial charge is 0.230 e. The van der Waals surface area contributed by atoms with Gasteiger partial charge in [0.15, 0.2) is 5.13 Å². The molecule has 0 aromatic carbocycles. The highest BCUT2D eigenvalue weighted by Crippen LogP contribution is 2.32. The molecule has 2 rings (SSSR count). The molecule has 0 saturated carbocycles. The van der Waals surface area contributed by atoms with E-state index in [1.165, 1.54) is 11.3 Å². The minimum atomic E-state index is -0.0836.